The summed E-state index contributed by atoms with van der Waals surface area (Å²) in [6, 6.07) is 10.7. The van der Waals surface area contributed by atoms with Gasteiger partial charge in [-0.15, -0.1) is 0 Å². The number of benzene rings is 1. The molecule has 1 aromatic heterocycles. The molecule has 0 fully saturated rings. The average Bonchev–Trinajstić information content (AvgIpc) is 2.38. The van der Waals surface area contributed by atoms with Gasteiger partial charge in [-0.25, -0.2) is 13.4 Å². The van der Waals surface area contributed by atoms with Crippen molar-refractivity contribution in [1.82, 2.24) is 4.98 Å². The average molecular weight is 355 g/mol. The van der Waals surface area contributed by atoms with Crippen LogP contribution in [0.3, 0.4) is 0 Å². The van der Waals surface area contributed by atoms with Crippen molar-refractivity contribution in [2.24, 2.45) is 0 Å². The third-order valence-electron chi connectivity index (χ3n) is 2.50. The van der Waals surface area contributed by atoms with E-state index in [1.165, 1.54) is 31.2 Å². The van der Waals surface area contributed by atoms with E-state index in [1.54, 1.807) is 18.2 Å². The number of pyridine rings is 1. The maximum absolute atomic E-state index is 12.2. The molecular formula is C13H11BrN2O3S. The van der Waals surface area contributed by atoms with E-state index in [9.17, 15) is 13.2 Å². The predicted molar refractivity (Wildman–Crippen MR) is 79.2 cm³/mol. The minimum atomic E-state index is -3.77. The number of hydrogen-bond donors (Lipinski definition) is 1. The smallest absolute Gasteiger partial charge is 0.263 e. The maximum atomic E-state index is 12.2. The molecule has 0 amide bonds. The molecule has 0 saturated heterocycles. The molecule has 7 heteroatoms. The van der Waals surface area contributed by atoms with Crippen LogP contribution in [0.2, 0.25) is 0 Å². The van der Waals surface area contributed by atoms with E-state index >= 15 is 0 Å². The van der Waals surface area contributed by atoms with Crippen LogP contribution in [0.5, 0.6) is 0 Å². The van der Waals surface area contributed by atoms with Crippen molar-refractivity contribution in [2.75, 3.05) is 4.72 Å². The molecule has 0 aliphatic heterocycles. The number of carbonyl (C=O) groups is 1. The molecule has 20 heavy (non-hydrogen) atoms. The molecule has 0 saturated carbocycles. The minimum Gasteiger partial charge on any atom is -0.295 e. The van der Waals surface area contributed by atoms with Gasteiger partial charge in [-0.05, 0) is 47.1 Å². The molecule has 2 rings (SSSR count). The Bertz CT molecular complexity index is 760. The Kier molecular flexibility index (Phi) is 4.20. The molecule has 104 valence electrons. The summed E-state index contributed by atoms with van der Waals surface area (Å²) < 4.78 is 27.3. The van der Waals surface area contributed by atoms with E-state index in [0.29, 0.717) is 10.2 Å². The quantitative estimate of drug-likeness (QED) is 0.676. The first-order chi connectivity index (χ1) is 9.38. The van der Waals surface area contributed by atoms with Crippen LogP contribution in [0.1, 0.15) is 17.3 Å². The molecule has 0 aliphatic rings. The lowest BCUT2D eigenvalue weighted by atomic mass is 10.2. The fourth-order valence-corrected chi connectivity index (χ4v) is 2.93. The van der Waals surface area contributed by atoms with Crippen LogP contribution in [-0.4, -0.2) is 19.2 Å². The number of rotatable bonds is 4. The molecule has 1 aromatic carbocycles. The van der Waals surface area contributed by atoms with E-state index in [4.69, 9.17) is 0 Å². The largest absolute Gasteiger partial charge is 0.295 e. The Labute approximate surface area is 125 Å². The number of anilines is 1. The van der Waals surface area contributed by atoms with Crippen LogP contribution < -0.4 is 4.72 Å². The Morgan fingerprint density at radius 1 is 1.20 bits per heavy atom. The first kappa shape index (κ1) is 14.7. The van der Waals surface area contributed by atoms with E-state index in [0.717, 1.165) is 0 Å². The van der Waals surface area contributed by atoms with Crippen molar-refractivity contribution in [3.63, 3.8) is 0 Å². The number of ketones is 1. The van der Waals surface area contributed by atoms with Crippen molar-refractivity contribution >= 4 is 37.6 Å². The maximum Gasteiger partial charge on any atom is 0.263 e. The van der Waals surface area contributed by atoms with Gasteiger partial charge in [-0.3, -0.25) is 9.52 Å². The van der Waals surface area contributed by atoms with Gasteiger partial charge in [-0.1, -0.05) is 18.2 Å². The number of sulfonamides is 1. The summed E-state index contributed by atoms with van der Waals surface area (Å²) >= 11 is 3.17. The molecule has 0 spiro atoms. The zero-order valence-corrected chi connectivity index (χ0v) is 12.9. The summed E-state index contributed by atoms with van der Waals surface area (Å²) in [5, 5.41) is 0. The SMILES string of the molecule is CC(=O)c1cccc(S(=O)(=O)Nc2cccc(Br)n2)c1. The third-order valence-corrected chi connectivity index (χ3v) is 4.30. The first-order valence-electron chi connectivity index (χ1n) is 5.65. The number of Topliss-reactive ketones (excluding diaryl/α,β-unsaturated/α-hetero) is 1. The molecule has 0 bridgehead atoms. The van der Waals surface area contributed by atoms with Gasteiger partial charge in [0.2, 0.25) is 0 Å². The molecule has 0 unspecified atom stereocenters. The van der Waals surface area contributed by atoms with Crippen LogP contribution >= 0.6 is 15.9 Å². The van der Waals surface area contributed by atoms with Gasteiger partial charge >= 0.3 is 0 Å². The highest BCUT2D eigenvalue weighted by Crippen LogP contribution is 2.17. The van der Waals surface area contributed by atoms with Crippen LogP contribution in [0, 0.1) is 0 Å². The van der Waals surface area contributed by atoms with Crippen LogP contribution in [-0.2, 0) is 10.0 Å². The highest BCUT2D eigenvalue weighted by atomic mass is 79.9. The highest BCUT2D eigenvalue weighted by Gasteiger charge is 2.16. The van der Waals surface area contributed by atoms with Gasteiger partial charge in [0.25, 0.3) is 10.0 Å². The molecule has 5 nitrogen and oxygen atoms in total. The van der Waals surface area contributed by atoms with Gasteiger partial charge in [0.05, 0.1) is 4.90 Å². The van der Waals surface area contributed by atoms with E-state index in [-0.39, 0.29) is 16.5 Å². The minimum absolute atomic E-state index is 0.0203. The standard InChI is InChI=1S/C13H11BrN2O3S/c1-9(17)10-4-2-5-11(8-10)20(18,19)16-13-7-3-6-12(14)15-13/h2-8H,1H3,(H,15,16). The molecular weight excluding hydrogens is 344 g/mol. The van der Waals surface area contributed by atoms with Crippen molar-refractivity contribution in [1.29, 1.82) is 0 Å². The third kappa shape index (κ3) is 3.43. The Morgan fingerprint density at radius 2 is 1.90 bits per heavy atom. The lowest BCUT2D eigenvalue weighted by molar-refractivity contribution is 0.101. The number of halogens is 1. The molecule has 0 aliphatic carbocycles. The van der Waals surface area contributed by atoms with Gasteiger partial charge in [-0.2, -0.15) is 0 Å². The Morgan fingerprint density at radius 3 is 2.55 bits per heavy atom. The molecule has 2 aromatic rings. The number of nitrogens with zero attached hydrogens (tertiary/aromatic N) is 1. The number of hydrogen-bond acceptors (Lipinski definition) is 4. The van der Waals surface area contributed by atoms with Crippen molar-refractivity contribution < 1.29 is 13.2 Å². The predicted octanol–water partition coefficient (Wildman–Crippen LogP) is 2.85. The fraction of sp³-hybridized carbons (Fsp3) is 0.0769. The lowest BCUT2D eigenvalue weighted by Crippen LogP contribution is -2.14. The zero-order chi connectivity index (χ0) is 14.8. The zero-order valence-electron chi connectivity index (χ0n) is 10.5. The van der Waals surface area contributed by atoms with Crippen LogP contribution in [0.25, 0.3) is 0 Å². The van der Waals surface area contributed by atoms with E-state index in [2.05, 4.69) is 25.6 Å². The van der Waals surface area contributed by atoms with Gasteiger partial charge < -0.3 is 0 Å². The van der Waals surface area contributed by atoms with Crippen molar-refractivity contribution in [3.05, 3.63) is 52.6 Å². The summed E-state index contributed by atoms with van der Waals surface area (Å²) in [5.74, 6) is 0.00948. The second-order valence-electron chi connectivity index (χ2n) is 4.04. The van der Waals surface area contributed by atoms with E-state index < -0.39 is 10.0 Å². The first-order valence-corrected chi connectivity index (χ1v) is 7.92. The summed E-state index contributed by atoms with van der Waals surface area (Å²) in [6.45, 7) is 1.38. The van der Waals surface area contributed by atoms with E-state index in [1.807, 2.05) is 0 Å². The van der Waals surface area contributed by atoms with Crippen molar-refractivity contribution in [2.45, 2.75) is 11.8 Å². The van der Waals surface area contributed by atoms with Crippen LogP contribution in [0.4, 0.5) is 5.82 Å². The number of carbonyl (C=O) groups excluding carboxylic acids is 1. The van der Waals surface area contributed by atoms with Crippen LogP contribution in [0.15, 0.2) is 52.0 Å². The number of aromatic nitrogens is 1. The topological polar surface area (TPSA) is 76.1 Å². The lowest BCUT2D eigenvalue weighted by Gasteiger charge is -2.08. The Hall–Kier alpha value is -1.73. The van der Waals surface area contributed by atoms with Gasteiger partial charge in [0.1, 0.15) is 10.4 Å². The van der Waals surface area contributed by atoms with Gasteiger partial charge in [0.15, 0.2) is 5.78 Å². The normalized spacial score (nSPS) is 11.1. The molecule has 1 N–H and O–H groups in total. The monoisotopic (exact) mass is 354 g/mol. The summed E-state index contributed by atoms with van der Waals surface area (Å²) in [4.78, 5) is 15.3. The summed E-state index contributed by atoms with van der Waals surface area (Å²) in [5.41, 5.74) is 0.343. The number of nitrogens with one attached hydrogen (secondary N) is 1. The molecule has 1 heterocycles. The summed E-state index contributed by atoms with van der Waals surface area (Å²) in [6.07, 6.45) is 0. The highest BCUT2D eigenvalue weighted by molar-refractivity contribution is 9.10. The van der Waals surface area contributed by atoms with Gasteiger partial charge in [0, 0.05) is 5.56 Å². The second kappa shape index (κ2) is 5.72. The Balaban J connectivity index is 2.35. The van der Waals surface area contributed by atoms with Crippen molar-refractivity contribution in [3.8, 4) is 0 Å². The molecule has 0 radical (unpaired) electrons. The molecule has 0 atom stereocenters. The summed E-state index contributed by atoms with van der Waals surface area (Å²) in [7, 11) is -3.77. The fourth-order valence-electron chi connectivity index (χ4n) is 1.54. The second-order valence-corrected chi connectivity index (χ2v) is 6.53.